The monoisotopic (exact) mass is 417 g/mol. The van der Waals surface area contributed by atoms with E-state index in [2.05, 4.69) is 27.6 Å². The molecule has 1 heterocycles. The van der Waals surface area contributed by atoms with Crippen molar-refractivity contribution >= 4 is 51.5 Å². The molecule has 0 aliphatic rings. The highest BCUT2D eigenvalue weighted by atomic mass is 35.5. The zero-order valence-electron chi connectivity index (χ0n) is 14.2. The van der Waals surface area contributed by atoms with Gasteiger partial charge in [-0.3, -0.25) is 9.59 Å². The third-order valence-corrected chi connectivity index (χ3v) is 5.90. The molecule has 2 aromatic carbocycles. The zero-order chi connectivity index (χ0) is 19.1. The van der Waals surface area contributed by atoms with E-state index in [1.54, 1.807) is 36.0 Å². The molecule has 1 amide bonds. The summed E-state index contributed by atoms with van der Waals surface area (Å²) in [6.45, 7) is 0. The molecule has 0 saturated heterocycles. The largest absolute Gasteiger partial charge is 0.300 e. The number of nitrogens with zero attached hydrogens (tertiary/aromatic N) is 2. The summed E-state index contributed by atoms with van der Waals surface area (Å²) in [7, 11) is 0. The van der Waals surface area contributed by atoms with Crippen LogP contribution >= 0.6 is 34.7 Å². The predicted molar refractivity (Wildman–Crippen MR) is 110 cm³/mol. The Kier molecular flexibility index (Phi) is 6.98. The van der Waals surface area contributed by atoms with Gasteiger partial charge < -0.3 is 5.32 Å². The van der Waals surface area contributed by atoms with Gasteiger partial charge in [0.1, 0.15) is 0 Å². The van der Waals surface area contributed by atoms with E-state index < -0.39 is 0 Å². The lowest BCUT2D eigenvalue weighted by Crippen LogP contribution is -2.13. The minimum absolute atomic E-state index is 0.0908. The molecule has 3 aromatic rings. The molecular weight excluding hydrogens is 402 g/mol. The number of Topliss-reactive ketones (excluding diaryl/α,β-unsaturated/α-hetero) is 1. The lowest BCUT2D eigenvalue weighted by molar-refractivity contribution is -0.116. The molecule has 1 N–H and O–H groups in total. The molecule has 8 heteroatoms. The first-order valence-corrected chi connectivity index (χ1v) is 10.4. The normalized spacial score (nSPS) is 10.6. The fourth-order valence-corrected chi connectivity index (χ4v) is 4.08. The van der Waals surface area contributed by atoms with Crippen molar-refractivity contribution in [2.45, 2.75) is 22.9 Å². The summed E-state index contributed by atoms with van der Waals surface area (Å²) in [6, 6.07) is 16.7. The second kappa shape index (κ2) is 9.64. The summed E-state index contributed by atoms with van der Waals surface area (Å²) in [5, 5.41) is 11.8. The predicted octanol–water partition coefficient (Wildman–Crippen LogP) is 5.09. The van der Waals surface area contributed by atoms with Gasteiger partial charge >= 0.3 is 0 Å². The van der Waals surface area contributed by atoms with Crippen LogP contribution in [0.1, 0.15) is 28.8 Å². The standard InChI is InChI=1S/C19H16ClN3O2S2/c20-15-8-6-14(7-9-15)16(24)10-11-17(25)21-18-22-23-19(27-18)26-12-13-4-2-1-3-5-13/h1-9H,10-12H2,(H,21,22,25). The molecule has 0 unspecified atom stereocenters. The fraction of sp³-hybridized carbons (Fsp3) is 0.158. The molecule has 5 nitrogen and oxygen atoms in total. The maximum Gasteiger partial charge on any atom is 0.226 e. The van der Waals surface area contributed by atoms with Crippen molar-refractivity contribution in [3.8, 4) is 0 Å². The number of halogens is 1. The maximum atomic E-state index is 12.1. The van der Waals surface area contributed by atoms with Gasteiger partial charge in [-0.2, -0.15) is 0 Å². The minimum Gasteiger partial charge on any atom is -0.300 e. The van der Waals surface area contributed by atoms with Gasteiger partial charge in [0.05, 0.1) is 0 Å². The van der Waals surface area contributed by atoms with Crippen LogP contribution in [0, 0.1) is 0 Å². The van der Waals surface area contributed by atoms with E-state index in [-0.39, 0.29) is 24.5 Å². The number of hydrogen-bond acceptors (Lipinski definition) is 6. The van der Waals surface area contributed by atoms with E-state index >= 15 is 0 Å². The van der Waals surface area contributed by atoms with Gasteiger partial charge in [0, 0.05) is 29.2 Å². The highest BCUT2D eigenvalue weighted by Gasteiger charge is 2.12. The lowest BCUT2D eigenvalue weighted by atomic mass is 10.1. The summed E-state index contributed by atoms with van der Waals surface area (Å²) >= 11 is 8.69. The molecule has 0 bridgehead atoms. The number of rotatable bonds is 8. The summed E-state index contributed by atoms with van der Waals surface area (Å²) < 4.78 is 0.784. The number of carbonyl (C=O) groups is 2. The van der Waals surface area contributed by atoms with E-state index in [0.29, 0.717) is 15.7 Å². The molecule has 0 spiro atoms. The minimum atomic E-state index is -0.256. The van der Waals surface area contributed by atoms with Crippen LogP contribution in [0.5, 0.6) is 0 Å². The van der Waals surface area contributed by atoms with Crippen molar-refractivity contribution in [1.29, 1.82) is 0 Å². The van der Waals surface area contributed by atoms with Crippen molar-refractivity contribution in [3.63, 3.8) is 0 Å². The lowest BCUT2D eigenvalue weighted by Gasteiger charge is -2.02. The Hall–Kier alpha value is -2.22. The first-order chi connectivity index (χ1) is 13.1. The van der Waals surface area contributed by atoms with Crippen molar-refractivity contribution in [2.24, 2.45) is 0 Å². The number of nitrogens with one attached hydrogen (secondary N) is 1. The molecule has 27 heavy (non-hydrogen) atoms. The summed E-state index contributed by atoms with van der Waals surface area (Å²) in [6.07, 6.45) is 0.218. The third kappa shape index (κ3) is 6.16. The van der Waals surface area contributed by atoms with Gasteiger partial charge in [0.2, 0.25) is 11.0 Å². The number of aromatic nitrogens is 2. The number of amides is 1. The molecule has 0 aliphatic carbocycles. The SMILES string of the molecule is O=C(CCC(=O)c1ccc(Cl)cc1)Nc1nnc(SCc2ccccc2)s1. The summed E-state index contributed by atoms with van der Waals surface area (Å²) in [4.78, 5) is 24.1. The molecule has 138 valence electrons. The number of carbonyl (C=O) groups excluding carboxylic acids is 2. The van der Waals surface area contributed by atoms with Gasteiger partial charge in [-0.05, 0) is 29.8 Å². The van der Waals surface area contributed by atoms with Crippen molar-refractivity contribution < 1.29 is 9.59 Å². The van der Waals surface area contributed by atoms with Gasteiger partial charge in [0.15, 0.2) is 10.1 Å². The van der Waals surface area contributed by atoms with Gasteiger partial charge in [-0.15, -0.1) is 10.2 Å². The second-order valence-electron chi connectivity index (χ2n) is 5.63. The van der Waals surface area contributed by atoms with E-state index in [1.165, 1.54) is 16.9 Å². The Labute approximate surface area is 170 Å². The molecule has 0 fully saturated rings. The fourth-order valence-electron chi connectivity index (χ4n) is 2.23. The summed E-state index contributed by atoms with van der Waals surface area (Å²) in [5.74, 6) is 0.435. The van der Waals surface area contributed by atoms with Crippen LogP contribution < -0.4 is 5.32 Å². The first kappa shape index (κ1) is 19.5. The molecule has 1 aromatic heterocycles. The smallest absolute Gasteiger partial charge is 0.226 e. The van der Waals surface area contributed by atoms with Crippen LogP contribution in [0.4, 0.5) is 5.13 Å². The van der Waals surface area contributed by atoms with Gasteiger partial charge in [-0.1, -0.05) is 65.0 Å². The van der Waals surface area contributed by atoms with Crippen LogP contribution in [0.2, 0.25) is 5.02 Å². The van der Waals surface area contributed by atoms with E-state index in [1.807, 2.05) is 18.2 Å². The van der Waals surface area contributed by atoms with Crippen molar-refractivity contribution in [3.05, 3.63) is 70.7 Å². The van der Waals surface area contributed by atoms with Gasteiger partial charge in [0.25, 0.3) is 0 Å². The second-order valence-corrected chi connectivity index (χ2v) is 8.26. The third-order valence-electron chi connectivity index (χ3n) is 3.60. The highest BCUT2D eigenvalue weighted by Crippen LogP contribution is 2.28. The van der Waals surface area contributed by atoms with E-state index in [0.717, 1.165) is 10.1 Å². The molecule has 3 rings (SSSR count). The Morgan fingerprint density at radius 3 is 2.48 bits per heavy atom. The molecule has 0 aliphatic heterocycles. The van der Waals surface area contributed by atoms with Crippen molar-refractivity contribution in [1.82, 2.24) is 10.2 Å². The average molecular weight is 418 g/mol. The average Bonchev–Trinajstić information content (AvgIpc) is 3.13. The van der Waals surface area contributed by atoms with E-state index in [9.17, 15) is 9.59 Å². The molecular formula is C19H16ClN3O2S2. The van der Waals surface area contributed by atoms with Crippen LogP contribution in [-0.2, 0) is 10.5 Å². The Bertz CT molecular complexity index is 914. The Balaban J connectivity index is 1.45. The van der Waals surface area contributed by atoms with Crippen molar-refractivity contribution in [2.75, 3.05) is 5.32 Å². The number of benzene rings is 2. The number of ketones is 1. The van der Waals surface area contributed by atoms with E-state index in [4.69, 9.17) is 11.6 Å². The topological polar surface area (TPSA) is 72.0 Å². The van der Waals surface area contributed by atoms with Gasteiger partial charge in [-0.25, -0.2) is 0 Å². The van der Waals surface area contributed by atoms with Crippen LogP contribution in [0.15, 0.2) is 58.9 Å². The maximum absolute atomic E-state index is 12.1. The number of anilines is 1. The first-order valence-electron chi connectivity index (χ1n) is 8.19. The number of thioether (sulfide) groups is 1. The summed E-state index contributed by atoms with van der Waals surface area (Å²) in [5.41, 5.74) is 1.74. The van der Waals surface area contributed by atoms with Crippen LogP contribution in [0.25, 0.3) is 0 Å². The number of hydrogen-bond donors (Lipinski definition) is 1. The zero-order valence-corrected chi connectivity index (χ0v) is 16.6. The Morgan fingerprint density at radius 1 is 1.00 bits per heavy atom. The highest BCUT2D eigenvalue weighted by molar-refractivity contribution is 8.00. The van der Waals surface area contributed by atoms with Crippen LogP contribution in [-0.4, -0.2) is 21.9 Å². The quantitative estimate of drug-likeness (QED) is 0.314. The molecule has 0 radical (unpaired) electrons. The Morgan fingerprint density at radius 2 is 1.74 bits per heavy atom. The molecule has 0 saturated carbocycles. The van der Waals surface area contributed by atoms with Crippen LogP contribution in [0.3, 0.4) is 0 Å². The molecule has 0 atom stereocenters.